The molecular weight excluding hydrogens is 258 g/mol. The fraction of sp³-hybridized carbons (Fsp3) is 0.214. The van der Waals surface area contributed by atoms with Crippen molar-refractivity contribution in [3.63, 3.8) is 0 Å². The Hall–Kier alpha value is -2.63. The largest absolute Gasteiger partial charge is 0.338 e. The van der Waals surface area contributed by atoms with Gasteiger partial charge in [0.05, 0.1) is 0 Å². The van der Waals surface area contributed by atoms with Crippen molar-refractivity contribution in [1.82, 2.24) is 5.32 Å². The van der Waals surface area contributed by atoms with Crippen LogP contribution >= 0.6 is 0 Å². The molecule has 0 heterocycles. The van der Waals surface area contributed by atoms with E-state index in [9.17, 15) is 14.4 Å². The highest BCUT2D eigenvalue weighted by Crippen LogP contribution is 2.17. The Morgan fingerprint density at radius 2 is 1.90 bits per heavy atom. The van der Waals surface area contributed by atoms with Crippen LogP contribution in [-0.4, -0.2) is 31.8 Å². The quantitative estimate of drug-likeness (QED) is 0.632. The molecule has 1 rings (SSSR count). The summed E-state index contributed by atoms with van der Waals surface area (Å²) in [5.74, 6) is -0.304. The highest BCUT2D eigenvalue weighted by atomic mass is 16.2. The molecule has 0 bridgehead atoms. The number of carbonyl (C=O) groups excluding carboxylic acids is 3. The van der Waals surface area contributed by atoms with Gasteiger partial charge in [0.15, 0.2) is 0 Å². The molecule has 3 amide bonds. The van der Waals surface area contributed by atoms with Gasteiger partial charge in [-0.3, -0.25) is 9.59 Å². The molecule has 0 unspecified atom stereocenters. The van der Waals surface area contributed by atoms with Gasteiger partial charge in [0.1, 0.15) is 6.29 Å². The average molecular weight is 275 g/mol. The lowest BCUT2D eigenvalue weighted by atomic mass is 10.2. The van der Waals surface area contributed by atoms with E-state index in [1.165, 1.54) is 11.0 Å². The maximum atomic E-state index is 11.7. The lowest BCUT2D eigenvalue weighted by molar-refractivity contribution is -0.114. The minimum atomic E-state index is -0.304. The van der Waals surface area contributed by atoms with Gasteiger partial charge in [-0.1, -0.05) is 0 Å². The normalized spacial score (nSPS) is 10.1. The van der Waals surface area contributed by atoms with Crippen molar-refractivity contribution in [3.05, 3.63) is 36.4 Å². The van der Waals surface area contributed by atoms with Crippen LogP contribution in [0.25, 0.3) is 0 Å². The topological polar surface area (TPSA) is 78.5 Å². The molecule has 6 heteroatoms. The minimum Gasteiger partial charge on any atom is -0.338 e. The van der Waals surface area contributed by atoms with Crippen molar-refractivity contribution < 1.29 is 14.4 Å². The van der Waals surface area contributed by atoms with Gasteiger partial charge in [-0.2, -0.15) is 0 Å². The zero-order valence-corrected chi connectivity index (χ0v) is 11.4. The Morgan fingerprint density at radius 3 is 2.45 bits per heavy atom. The minimum absolute atomic E-state index is 0.279. The van der Waals surface area contributed by atoms with Crippen molar-refractivity contribution >= 4 is 29.6 Å². The highest BCUT2D eigenvalue weighted by Gasteiger charge is 2.07. The molecule has 2 N–H and O–H groups in total. The van der Waals surface area contributed by atoms with Gasteiger partial charge in [0, 0.05) is 31.0 Å². The van der Waals surface area contributed by atoms with E-state index in [1.54, 1.807) is 31.3 Å². The molecule has 0 atom stereocenters. The van der Waals surface area contributed by atoms with Crippen molar-refractivity contribution in [3.8, 4) is 0 Å². The number of hydrogen-bond acceptors (Lipinski definition) is 3. The fourth-order valence-electron chi connectivity index (χ4n) is 1.46. The van der Waals surface area contributed by atoms with Gasteiger partial charge >= 0.3 is 6.03 Å². The number of likely N-dealkylation sites (N-methyl/N-ethyl adjacent to an activating group) is 1. The first kappa shape index (κ1) is 15.4. The lowest BCUT2D eigenvalue weighted by Gasteiger charge is -2.15. The molecule has 1 aromatic carbocycles. The number of hydrogen-bond donors (Lipinski definition) is 2. The third kappa shape index (κ3) is 4.56. The zero-order chi connectivity index (χ0) is 15.0. The van der Waals surface area contributed by atoms with Crippen LogP contribution in [-0.2, 0) is 9.59 Å². The molecule has 20 heavy (non-hydrogen) atoms. The molecule has 6 nitrogen and oxygen atoms in total. The second kappa shape index (κ2) is 7.73. The molecule has 0 saturated heterocycles. The first-order chi connectivity index (χ1) is 9.58. The monoisotopic (exact) mass is 275 g/mol. The summed E-state index contributed by atoms with van der Waals surface area (Å²) in [5.41, 5.74) is 1.29. The van der Waals surface area contributed by atoms with Gasteiger partial charge in [-0.05, 0) is 37.3 Å². The summed E-state index contributed by atoms with van der Waals surface area (Å²) in [4.78, 5) is 34.5. The van der Waals surface area contributed by atoms with E-state index in [-0.39, 0.29) is 11.9 Å². The standard InChI is InChI=1S/C14H17N3O3/c1-3-15-14(20)16-11-6-8-12(9-7-11)17(2)13(19)5-4-10-18/h4-10H,3H2,1-2H3,(H2,15,16,20)/b5-4-. The Labute approximate surface area is 117 Å². The maximum absolute atomic E-state index is 11.7. The van der Waals surface area contributed by atoms with Crippen LogP contribution in [0.2, 0.25) is 0 Å². The summed E-state index contributed by atoms with van der Waals surface area (Å²) >= 11 is 0. The second-order valence-electron chi connectivity index (χ2n) is 3.92. The molecule has 1 aromatic rings. The molecular formula is C14H17N3O3. The number of carbonyl (C=O) groups is 3. The molecule has 106 valence electrons. The number of aldehydes is 1. The van der Waals surface area contributed by atoms with E-state index in [0.29, 0.717) is 24.2 Å². The van der Waals surface area contributed by atoms with Crippen molar-refractivity contribution in [1.29, 1.82) is 0 Å². The summed E-state index contributed by atoms with van der Waals surface area (Å²) in [6, 6.07) is 6.51. The summed E-state index contributed by atoms with van der Waals surface area (Å²) in [6.45, 7) is 2.38. The van der Waals surface area contributed by atoms with Crippen LogP contribution in [0.5, 0.6) is 0 Å². The predicted octanol–water partition coefficient (Wildman–Crippen LogP) is 1.55. The van der Waals surface area contributed by atoms with Crippen molar-refractivity contribution in [2.45, 2.75) is 6.92 Å². The van der Waals surface area contributed by atoms with E-state index in [2.05, 4.69) is 10.6 Å². The molecule has 0 aromatic heterocycles. The smallest absolute Gasteiger partial charge is 0.319 e. The summed E-state index contributed by atoms with van der Waals surface area (Å²) in [5, 5.41) is 5.27. The number of anilines is 2. The Bertz CT molecular complexity index is 509. The molecule has 0 aliphatic rings. The van der Waals surface area contributed by atoms with Gasteiger partial charge in [-0.15, -0.1) is 0 Å². The van der Waals surface area contributed by atoms with E-state index >= 15 is 0 Å². The third-order valence-corrected chi connectivity index (χ3v) is 2.50. The van der Waals surface area contributed by atoms with E-state index in [4.69, 9.17) is 0 Å². The molecule has 0 aliphatic carbocycles. The Kier molecular flexibility index (Phi) is 5.96. The molecule has 0 aliphatic heterocycles. The first-order valence-corrected chi connectivity index (χ1v) is 6.13. The van der Waals surface area contributed by atoms with E-state index in [1.807, 2.05) is 6.92 Å². The fourth-order valence-corrected chi connectivity index (χ4v) is 1.46. The van der Waals surface area contributed by atoms with Gasteiger partial charge in [-0.25, -0.2) is 4.79 Å². The van der Waals surface area contributed by atoms with Crippen molar-refractivity contribution in [2.75, 3.05) is 23.8 Å². The van der Waals surface area contributed by atoms with Crippen LogP contribution in [0.1, 0.15) is 6.92 Å². The van der Waals surface area contributed by atoms with Crippen LogP contribution in [0, 0.1) is 0 Å². The van der Waals surface area contributed by atoms with Crippen LogP contribution in [0.4, 0.5) is 16.2 Å². The summed E-state index contributed by atoms with van der Waals surface area (Å²) < 4.78 is 0. The van der Waals surface area contributed by atoms with Gasteiger partial charge < -0.3 is 15.5 Å². The molecule has 0 radical (unpaired) electrons. The number of nitrogens with zero attached hydrogens (tertiary/aromatic N) is 1. The third-order valence-electron chi connectivity index (χ3n) is 2.50. The number of benzene rings is 1. The average Bonchev–Trinajstić information content (AvgIpc) is 2.45. The predicted molar refractivity (Wildman–Crippen MR) is 77.8 cm³/mol. The highest BCUT2D eigenvalue weighted by molar-refractivity contribution is 6.02. The van der Waals surface area contributed by atoms with Crippen LogP contribution in [0.15, 0.2) is 36.4 Å². The van der Waals surface area contributed by atoms with Crippen LogP contribution < -0.4 is 15.5 Å². The van der Waals surface area contributed by atoms with Crippen molar-refractivity contribution in [2.24, 2.45) is 0 Å². The Balaban J connectivity index is 2.70. The Morgan fingerprint density at radius 1 is 1.25 bits per heavy atom. The zero-order valence-electron chi connectivity index (χ0n) is 11.4. The number of rotatable bonds is 5. The number of amides is 3. The van der Waals surface area contributed by atoms with Gasteiger partial charge in [0.25, 0.3) is 5.91 Å². The molecule has 0 fully saturated rings. The SMILES string of the molecule is CCNC(=O)Nc1ccc(N(C)C(=O)/C=C\C=O)cc1. The second-order valence-corrected chi connectivity index (χ2v) is 3.92. The molecule has 0 spiro atoms. The lowest BCUT2D eigenvalue weighted by Crippen LogP contribution is -2.28. The summed E-state index contributed by atoms with van der Waals surface area (Å²) in [7, 11) is 1.60. The number of allylic oxidation sites excluding steroid dienone is 1. The first-order valence-electron chi connectivity index (χ1n) is 6.13. The maximum Gasteiger partial charge on any atom is 0.319 e. The number of nitrogens with one attached hydrogen (secondary N) is 2. The van der Waals surface area contributed by atoms with Gasteiger partial charge in [0.2, 0.25) is 0 Å². The summed E-state index contributed by atoms with van der Waals surface area (Å²) in [6.07, 6.45) is 2.88. The number of urea groups is 1. The van der Waals surface area contributed by atoms with Crippen LogP contribution in [0.3, 0.4) is 0 Å². The van der Waals surface area contributed by atoms with E-state index < -0.39 is 0 Å². The molecule has 0 saturated carbocycles. The van der Waals surface area contributed by atoms with E-state index in [0.717, 1.165) is 6.08 Å².